The maximum absolute atomic E-state index is 12.6. The fraction of sp³-hybridized carbons (Fsp3) is 0.933. The van der Waals surface area contributed by atoms with Crippen LogP contribution in [-0.2, 0) is 4.79 Å². The third kappa shape index (κ3) is 5.50. The van der Waals surface area contributed by atoms with Crippen molar-refractivity contribution in [2.24, 2.45) is 17.1 Å². The molecule has 136 valence electrons. The average molecular weight is 358 g/mol. The van der Waals surface area contributed by atoms with E-state index in [1.165, 1.54) is 4.90 Å². The molecule has 2 heterocycles. The van der Waals surface area contributed by atoms with Gasteiger partial charge < -0.3 is 10.6 Å². The summed E-state index contributed by atoms with van der Waals surface area (Å²) in [4.78, 5) is 15.8. The van der Waals surface area contributed by atoms with E-state index in [0.29, 0.717) is 32.5 Å². The lowest BCUT2D eigenvalue weighted by atomic mass is 9.79. The van der Waals surface area contributed by atoms with Crippen molar-refractivity contribution in [2.75, 3.05) is 32.7 Å². The maximum atomic E-state index is 12.6. The van der Waals surface area contributed by atoms with Crippen molar-refractivity contribution in [3.05, 3.63) is 0 Å². The first-order valence-corrected chi connectivity index (χ1v) is 7.92. The molecule has 0 saturated carbocycles. The Bertz CT molecular complexity index is 417. The molecule has 2 aliphatic heterocycles. The van der Waals surface area contributed by atoms with Crippen LogP contribution in [0.4, 0.5) is 13.2 Å². The van der Waals surface area contributed by atoms with Gasteiger partial charge in [-0.15, -0.1) is 12.4 Å². The van der Waals surface area contributed by atoms with Gasteiger partial charge in [-0.2, -0.15) is 13.2 Å². The van der Waals surface area contributed by atoms with Crippen molar-refractivity contribution in [1.82, 2.24) is 9.80 Å². The van der Waals surface area contributed by atoms with Crippen molar-refractivity contribution in [2.45, 2.75) is 45.3 Å². The van der Waals surface area contributed by atoms with Crippen molar-refractivity contribution < 1.29 is 18.0 Å². The van der Waals surface area contributed by atoms with Gasteiger partial charge in [-0.3, -0.25) is 9.69 Å². The van der Waals surface area contributed by atoms with E-state index in [0.717, 1.165) is 6.42 Å². The van der Waals surface area contributed by atoms with Crippen LogP contribution in [0.2, 0.25) is 0 Å². The number of alkyl halides is 3. The molecule has 2 fully saturated rings. The highest BCUT2D eigenvalue weighted by Crippen LogP contribution is 2.30. The summed E-state index contributed by atoms with van der Waals surface area (Å²) in [6.45, 7) is 4.97. The Hall–Kier alpha value is -0.530. The highest BCUT2D eigenvalue weighted by atomic mass is 35.5. The van der Waals surface area contributed by atoms with Crippen molar-refractivity contribution in [3.8, 4) is 0 Å². The SMILES string of the molecule is CC1(C)CN(C(=O)C2CCCN(CC(F)(F)F)C2)CCC1N.Cl. The lowest BCUT2D eigenvalue weighted by molar-refractivity contribution is -0.155. The summed E-state index contributed by atoms with van der Waals surface area (Å²) in [5.74, 6) is -0.326. The Labute approximate surface area is 142 Å². The summed E-state index contributed by atoms with van der Waals surface area (Å²) in [7, 11) is 0. The minimum atomic E-state index is -4.20. The molecule has 2 atom stereocenters. The zero-order valence-electron chi connectivity index (χ0n) is 13.7. The van der Waals surface area contributed by atoms with Crippen LogP contribution in [0, 0.1) is 11.3 Å². The van der Waals surface area contributed by atoms with Crippen molar-refractivity contribution in [1.29, 1.82) is 0 Å². The van der Waals surface area contributed by atoms with Crippen LogP contribution >= 0.6 is 12.4 Å². The lowest BCUT2D eigenvalue weighted by Gasteiger charge is -2.44. The Morgan fingerprint density at radius 3 is 2.48 bits per heavy atom. The number of carbonyl (C=O) groups excluding carboxylic acids is 1. The van der Waals surface area contributed by atoms with E-state index < -0.39 is 12.7 Å². The minimum Gasteiger partial charge on any atom is -0.342 e. The molecule has 0 aromatic carbocycles. The van der Waals surface area contributed by atoms with Crippen molar-refractivity contribution in [3.63, 3.8) is 0 Å². The molecule has 0 spiro atoms. The van der Waals surface area contributed by atoms with Crippen molar-refractivity contribution >= 4 is 18.3 Å². The van der Waals surface area contributed by atoms with Crippen LogP contribution in [-0.4, -0.2) is 60.6 Å². The van der Waals surface area contributed by atoms with Gasteiger partial charge in [0.1, 0.15) is 0 Å². The van der Waals surface area contributed by atoms with E-state index in [-0.39, 0.29) is 42.2 Å². The van der Waals surface area contributed by atoms with Gasteiger partial charge in [0.25, 0.3) is 0 Å². The molecule has 8 heteroatoms. The van der Waals surface area contributed by atoms with Gasteiger partial charge in [0.2, 0.25) is 5.91 Å². The summed E-state index contributed by atoms with van der Waals surface area (Å²) >= 11 is 0. The molecule has 0 aromatic rings. The Morgan fingerprint density at radius 2 is 1.91 bits per heavy atom. The van der Waals surface area contributed by atoms with Gasteiger partial charge in [0.15, 0.2) is 0 Å². The maximum Gasteiger partial charge on any atom is 0.401 e. The molecule has 0 aliphatic carbocycles. The topological polar surface area (TPSA) is 49.6 Å². The summed E-state index contributed by atoms with van der Waals surface area (Å²) in [5, 5.41) is 0. The third-order valence-electron chi connectivity index (χ3n) is 4.88. The summed E-state index contributed by atoms with van der Waals surface area (Å²) in [6, 6.07) is 0.0598. The fourth-order valence-electron chi connectivity index (χ4n) is 3.47. The third-order valence-corrected chi connectivity index (χ3v) is 4.88. The molecule has 0 aromatic heterocycles. The zero-order valence-corrected chi connectivity index (χ0v) is 14.6. The molecular weight excluding hydrogens is 331 g/mol. The van der Waals surface area contributed by atoms with Gasteiger partial charge in [-0.1, -0.05) is 13.8 Å². The lowest BCUT2D eigenvalue weighted by Crippen LogP contribution is -2.56. The number of piperidine rings is 2. The van der Waals surface area contributed by atoms with Crippen LogP contribution in [0.15, 0.2) is 0 Å². The molecule has 4 nitrogen and oxygen atoms in total. The van der Waals surface area contributed by atoms with Crippen LogP contribution in [0.25, 0.3) is 0 Å². The number of carbonyl (C=O) groups is 1. The first kappa shape index (κ1) is 20.5. The zero-order chi connectivity index (χ0) is 16.5. The predicted molar refractivity (Wildman–Crippen MR) is 85.4 cm³/mol. The first-order chi connectivity index (χ1) is 10.1. The summed E-state index contributed by atoms with van der Waals surface area (Å²) < 4.78 is 37.6. The summed E-state index contributed by atoms with van der Waals surface area (Å²) in [5.41, 5.74) is 5.93. The second-order valence-corrected chi connectivity index (χ2v) is 7.33. The van der Waals surface area contributed by atoms with E-state index in [1.807, 2.05) is 13.8 Å². The average Bonchev–Trinajstić information content (AvgIpc) is 2.39. The molecule has 0 radical (unpaired) electrons. The molecule has 2 saturated heterocycles. The molecule has 2 aliphatic rings. The van der Waals surface area contributed by atoms with E-state index in [9.17, 15) is 18.0 Å². The predicted octanol–water partition coefficient (Wildman–Crippen LogP) is 2.27. The fourth-order valence-corrected chi connectivity index (χ4v) is 3.47. The Balaban J connectivity index is 0.00000264. The molecule has 2 unspecified atom stereocenters. The monoisotopic (exact) mass is 357 g/mol. The number of halogens is 4. The smallest absolute Gasteiger partial charge is 0.342 e. The molecular formula is C15H27ClF3N3O. The second kappa shape index (κ2) is 7.57. The molecule has 1 amide bonds. The highest BCUT2D eigenvalue weighted by molar-refractivity contribution is 5.85. The highest BCUT2D eigenvalue weighted by Gasteiger charge is 2.39. The second-order valence-electron chi connectivity index (χ2n) is 7.33. The van der Waals surface area contributed by atoms with Crippen LogP contribution < -0.4 is 5.73 Å². The number of nitrogens with zero attached hydrogens (tertiary/aromatic N) is 2. The Morgan fingerprint density at radius 1 is 1.26 bits per heavy atom. The van der Waals surface area contributed by atoms with Crippen LogP contribution in [0.3, 0.4) is 0 Å². The van der Waals surface area contributed by atoms with E-state index >= 15 is 0 Å². The van der Waals surface area contributed by atoms with Crippen LogP contribution in [0.5, 0.6) is 0 Å². The number of rotatable bonds is 2. The largest absolute Gasteiger partial charge is 0.401 e. The number of hydrogen-bond donors (Lipinski definition) is 1. The van der Waals surface area contributed by atoms with E-state index in [1.54, 1.807) is 4.90 Å². The number of amides is 1. The van der Waals surface area contributed by atoms with Crippen LogP contribution in [0.1, 0.15) is 33.1 Å². The quantitative estimate of drug-likeness (QED) is 0.824. The molecule has 2 rings (SSSR count). The van der Waals surface area contributed by atoms with E-state index in [4.69, 9.17) is 5.73 Å². The van der Waals surface area contributed by atoms with Gasteiger partial charge in [0, 0.05) is 25.7 Å². The normalized spacial score (nSPS) is 29.0. The van der Waals surface area contributed by atoms with Gasteiger partial charge in [0.05, 0.1) is 12.5 Å². The minimum absolute atomic E-state index is 0. The first-order valence-electron chi connectivity index (χ1n) is 7.92. The Kier molecular flexibility index (Phi) is 6.75. The van der Waals surface area contributed by atoms with E-state index in [2.05, 4.69) is 0 Å². The number of hydrogen-bond acceptors (Lipinski definition) is 3. The number of likely N-dealkylation sites (tertiary alicyclic amines) is 2. The summed E-state index contributed by atoms with van der Waals surface area (Å²) in [6.07, 6.45) is -2.14. The molecule has 2 N–H and O–H groups in total. The van der Waals surface area contributed by atoms with Gasteiger partial charge in [-0.05, 0) is 31.2 Å². The van der Waals surface area contributed by atoms with Gasteiger partial charge in [-0.25, -0.2) is 0 Å². The molecule has 23 heavy (non-hydrogen) atoms. The number of nitrogens with two attached hydrogens (primary N) is 1. The van der Waals surface area contributed by atoms with Gasteiger partial charge >= 0.3 is 6.18 Å². The molecule has 0 bridgehead atoms. The standard InChI is InChI=1S/C15H26F3N3O.ClH/c1-14(2)9-21(7-5-12(14)19)13(22)11-4-3-6-20(8-11)10-15(16,17)18;/h11-12H,3-10,19H2,1-2H3;1H.